The van der Waals surface area contributed by atoms with Gasteiger partial charge in [-0.25, -0.2) is 0 Å². The third kappa shape index (κ3) is 5.71. The van der Waals surface area contributed by atoms with Crippen LogP contribution in [0.25, 0.3) is 0 Å². The minimum atomic E-state index is 0.577. The van der Waals surface area contributed by atoms with Gasteiger partial charge in [-0.3, -0.25) is 0 Å². The molecular weight excluding hydrogens is 222 g/mol. The Balaban J connectivity index is 1.46. The van der Waals surface area contributed by atoms with Gasteiger partial charge in [-0.2, -0.15) is 0 Å². The van der Waals surface area contributed by atoms with Crippen molar-refractivity contribution in [1.29, 1.82) is 0 Å². The van der Waals surface area contributed by atoms with Crippen molar-refractivity contribution in [3.05, 3.63) is 0 Å². The van der Waals surface area contributed by atoms with Crippen LogP contribution in [0.5, 0.6) is 0 Å². The second-order valence-corrected chi connectivity index (χ2v) is 6.19. The summed E-state index contributed by atoms with van der Waals surface area (Å²) < 4.78 is 5.87. The number of hydrogen-bond donors (Lipinski definition) is 1. The van der Waals surface area contributed by atoms with Crippen molar-refractivity contribution in [2.24, 2.45) is 5.92 Å². The fourth-order valence-electron chi connectivity index (χ4n) is 3.40. The molecule has 0 heterocycles. The molecule has 1 N–H and O–H groups in total. The molecular formula is C16H31NO. The lowest BCUT2D eigenvalue weighted by molar-refractivity contribution is 0.0598. The zero-order valence-electron chi connectivity index (χ0n) is 12.0. The van der Waals surface area contributed by atoms with E-state index in [4.69, 9.17) is 4.74 Å². The summed E-state index contributed by atoms with van der Waals surface area (Å²) in [5.74, 6) is 0.928. The van der Waals surface area contributed by atoms with Gasteiger partial charge in [0.1, 0.15) is 0 Å². The van der Waals surface area contributed by atoms with Crippen LogP contribution in [-0.4, -0.2) is 25.8 Å². The lowest BCUT2D eigenvalue weighted by Gasteiger charge is -2.20. The average Bonchev–Trinajstić information content (AvgIpc) is 2.84. The Bertz CT molecular complexity index is 193. The summed E-state index contributed by atoms with van der Waals surface area (Å²) in [4.78, 5) is 0. The number of hydrogen-bond acceptors (Lipinski definition) is 2. The summed E-state index contributed by atoms with van der Waals surface area (Å²) >= 11 is 0. The van der Waals surface area contributed by atoms with Gasteiger partial charge in [0.05, 0.1) is 12.7 Å². The van der Waals surface area contributed by atoms with Crippen LogP contribution in [0.3, 0.4) is 0 Å². The maximum atomic E-state index is 5.87. The van der Waals surface area contributed by atoms with E-state index in [1.165, 1.54) is 77.2 Å². The Morgan fingerprint density at radius 1 is 0.778 bits per heavy atom. The molecule has 0 radical (unpaired) electrons. The molecule has 106 valence electrons. The summed E-state index contributed by atoms with van der Waals surface area (Å²) in [5, 5.41) is 3.60. The van der Waals surface area contributed by atoms with E-state index in [0.29, 0.717) is 6.10 Å². The van der Waals surface area contributed by atoms with Crippen molar-refractivity contribution in [2.45, 2.75) is 76.7 Å². The highest BCUT2D eigenvalue weighted by Crippen LogP contribution is 2.22. The Morgan fingerprint density at radius 2 is 1.39 bits per heavy atom. The molecule has 0 saturated heterocycles. The molecule has 2 heteroatoms. The smallest absolute Gasteiger partial charge is 0.0594 e. The maximum Gasteiger partial charge on any atom is 0.0594 e. The SMILES string of the molecule is C1CCCC(CNCCOC2CCCC2)CCC1. The van der Waals surface area contributed by atoms with Crippen molar-refractivity contribution in [3.8, 4) is 0 Å². The van der Waals surface area contributed by atoms with Gasteiger partial charge < -0.3 is 10.1 Å². The second-order valence-electron chi connectivity index (χ2n) is 6.19. The molecule has 2 nitrogen and oxygen atoms in total. The van der Waals surface area contributed by atoms with E-state index >= 15 is 0 Å². The van der Waals surface area contributed by atoms with E-state index in [9.17, 15) is 0 Å². The molecule has 0 aromatic rings. The van der Waals surface area contributed by atoms with Gasteiger partial charge in [-0.05, 0) is 38.1 Å². The van der Waals surface area contributed by atoms with Gasteiger partial charge in [0, 0.05) is 6.54 Å². The highest BCUT2D eigenvalue weighted by atomic mass is 16.5. The summed E-state index contributed by atoms with van der Waals surface area (Å²) in [5.41, 5.74) is 0. The summed E-state index contributed by atoms with van der Waals surface area (Å²) in [6, 6.07) is 0. The normalized spacial score (nSPS) is 24.0. The fourth-order valence-corrected chi connectivity index (χ4v) is 3.40. The molecule has 2 fully saturated rings. The first-order valence-corrected chi connectivity index (χ1v) is 8.27. The van der Waals surface area contributed by atoms with Crippen molar-refractivity contribution >= 4 is 0 Å². The number of nitrogens with one attached hydrogen (secondary N) is 1. The van der Waals surface area contributed by atoms with Gasteiger partial charge in [0.25, 0.3) is 0 Å². The minimum absolute atomic E-state index is 0.577. The first-order chi connectivity index (χ1) is 8.95. The quantitative estimate of drug-likeness (QED) is 0.725. The average molecular weight is 253 g/mol. The summed E-state index contributed by atoms with van der Waals surface area (Å²) in [6.45, 7) is 3.18. The fraction of sp³-hybridized carbons (Fsp3) is 1.00. The standard InChI is InChI=1S/C16H31NO/c1-2-4-8-15(9-5-3-1)14-17-12-13-18-16-10-6-7-11-16/h15-17H,1-14H2. The van der Waals surface area contributed by atoms with Crippen molar-refractivity contribution in [1.82, 2.24) is 5.32 Å². The van der Waals surface area contributed by atoms with Crippen LogP contribution in [0.1, 0.15) is 70.6 Å². The lowest BCUT2D eigenvalue weighted by Crippen LogP contribution is -2.28. The van der Waals surface area contributed by atoms with Gasteiger partial charge in [-0.15, -0.1) is 0 Å². The van der Waals surface area contributed by atoms with Crippen LogP contribution in [0.15, 0.2) is 0 Å². The van der Waals surface area contributed by atoms with Gasteiger partial charge in [0.2, 0.25) is 0 Å². The van der Waals surface area contributed by atoms with Crippen LogP contribution in [0, 0.1) is 5.92 Å². The van der Waals surface area contributed by atoms with E-state index in [0.717, 1.165) is 19.1 Å². The van der Waals surface area contributed by atoms with Crippen LogP contribution in [0.2, 0.25) is 0 Å². The maximum absolute atomic E-state index is 5.87. The monoisotopic (exact) mass is 253 g/mol. The Labute approximate surface area is 113 Å². The predicted octanol–water partition coefficient (Wildman–Crippen LogP) is 3.90. The van der Waals surface area contributed by atoms with Gasteiger partial charge >= 0.3 is 0 Å². The number of rotatable bonds is 6. The third-order valence-electron chi connectivity index (χ3n) is 4.59. The zero-order valence-corrected chi connectivity index (χ0v) is 12.0. The minimum Gasteiger partial charge on any atom is -0.377 e. The van der Waals surface area contributed by atoms with Crippen LogP contribution in [-0.2, 0) is 4.74 Å². The second kappa shape index (κ2) is 8.92. The van der Waals surface area contributed by atoms with E-state index in [-0.39, 0.29) is 0 Å². The Hall–Kier alpha value is -0.0800. The van der Waals surface area contributed by atoms with Gasteiger partial charge in [-0.1, -0.05) is 44.9 Å². The van der Waals surface area contributed by atoms with Gasteiger partial charge in [0.15, 0.2) is 0 Å². The first kappa shape index (κ1) is 14.3. The molecule has 0 amide bonds. The topological polar surface area (TPSA) is 21.3 Å². The predicted molar refractivity (Wildman–Crippen MR) is 76.9 cm³/mol. The molecule has 0 aliphatic heterocycles. The molecule has 0 bridgehead atoms. The molecule has 18 heavy (non-hydrogen) atoms. The molecule has 0 atom stereocenters. The van der Waals surface area contributed by atoms with E-state index < -0.39 is 0 Å². The molecule has 2 saturated carbocycles. The van der Waals surface area contributed by atoms with Crippen LogP contribution in [0.4, 0.5) is 0 Å². The molecule has 2 aliphatic carbocycles. The highest BCUT2D eigenvalue weighted by molar-refractivity contribution is 4.68. The zero-order chi connectivity index (χ0) is 12.5. The molecule has 0 unspecified atom stereocenters. The van der Waals surface area contributed by atoms with Crippen molar-refractivity contribution < 1.29 is 4.74 Å². The third-order valence-corrected chi connectivity index (χ3v) is 4.59. The van der Waals surface area contributed by atoms with E-state index in [1.54, 1.807) is 0 Å². The Morgan fingerprint density at radius 3 is 2.11 bits per heavy atom. The molecule has 0 aromatic heterocycles. The molecule has 0 aromatic carbocycles. The van der Waals surface area contributed by atoms with Crippen LogP contribution >= 0.6 is 0 Å². The van der Waals surface area contributed by atoms with Crippen LogP contribution < -0.4 is 5.32 Å². The first-order valence-electron chi connectivity index (χ1n) is 8.27. The van der Waals surface area contributed by atoms with E-state index in [2.05, 4.69) is 5.32 Å². The summed E-state index contributed by atoms with van der Waals surface area (Å²) in [7, 11) is 0. The number of ether oxygens (including phenoxy) is 1. The highest BCUT2D eigenvalue weighted by Gasteiger charge is 2.15. The van der Waals surface area contributed by atoms with Crippen molar-refractivity contribution in [2.75, 3.05) is 19.7 Å². The summed E-state index contributed by atoms with van der Waals surface area (Å²) in [6.07, 6.45) is 16.1. The lowest BCUT2D eigenvalue weighted by atomic mass is 9.91. The van der Waals surface area contributed by atoms with Crippen molar-refractivity contribution in [3.63, 3.8) is 0 Å². The molecule has 0 spiro atoms. The molecule has 2 aliphatic rings. The van der Waals surface area contributed by atoms with E-state index in [1.807, 2.05) is 0 Å². The molecule has 2 rings (SSSR count). The Kier molecular flexibility index (Phi) is 7.11. The largest absolute Gasteiger partial charge is 0.377 e.